The fourth-order valence-electron chi connectivity index (χ4n) is 5.10. The summed E-state index contributed by atoms with van der Waals surface area (Å²) in [5.74, 6) is -0.361. The molecule has 2 aromatic rings. The first kappa shape index (κ1) is 24.6. The van der Waals surface area contributed by atoms with E-state index in [-0.39, 0.29) is 16.7 Å². The maximum Gasteiger partial charge on any atom is 0.419 e. The molecule has 1 spiro atoms. The van der Waals surface area contributed by atoms with Crippen molar-refractivity contribution < 1.29 is 18.0 Å². The van der Waals surface area contributed by atoms with Crippen molar-refractivity contribution in [2.75, 3.05) is 43.0 Å². The fraction of sp³-hybridized carbons (Fsp3) is 0.440. The third-order valence-corrected chi connectivity index (χ3v) is 7.70. The molecule has 1 amide bonds. The first-order valence-electron chi connectivity index (χ1n) is 11.8. The van der Waals surface area contributed by atoms with Crippen LogP contribution in [-0.2, 0) is 17.5 Å². The number of benzene rings is 1. The van der Waals surface area contributed by atoms with Gasteiger partial charge in [-0.3, -0.25) is 14.6 Å². The number of likely N-dealkylation sites (N-methyl/N-ethyl adjacent to an activating group) is 1. The molecule has 7 nitrogen and oxygen atoms in total. The minimum Gasteiger partial charge on any atom is -0.304 e. The van der Waals surface area contributed by atoms with Crippen molar-refractivity contribution in [1.29, 1.82) is 5.26 Å². The van der Waals surface area contributed by atoms with E-state index < -0.39 is 23.0 Å². The van der Waals surface area contributed by atoms with Crippen molar-refractivity contribution in [3.63, 3.8) is 0 Å². The standard InChI is InChI=1S/C25H25F3N6OS/c1-31-9-11-32(12-10-31)16-17-3-5-18(6-4-17)34-23(36)33(22(35)24(34)7-2-8-24)19-13-20(25(26,27)28)21(14-29)30-15-19/h3-6,13,15H,2,7-12,16H2,1H3. The number of carbonyl (C=O) groups is 1. The molecule has 2 saturated heterocycles. The second-order valence-corrected chi connectivity index (χ2v) is 9.95. The summed E-state index contributed by atoms with van der Waals surface area (Å²) in [6, 6.07) is 10.1. The molecule has 0 unspecified atom stereocenters. The Morgan fingerprint density at radius 2 is 1.78 bits per heavy atom. The number of anilines is 2. The third-order valence-electron chi connectivity index (χ3n) is 7.33. The zero-order valence-corrected chi connectivity index (χ0v) is 20.6. The quantitative estimate of drug-likeness (QED) is 0.576. The molecule has 36 heavy (non-hydrogen) atoms. The number of carbonyl (C=O) groups excluding carboxylic acids is 1. The maximum absolute atomic E-state index is 13.6. The van der Waals surface area contributed by atoms with Gasteiger partial charge in [-0.25, -0.2) is 4.98 Å². The number of amides is 1. The monoisotopic (exact) mass is 514 g/mol. The van der Waals surface area contributed by atoms with Crippen molar-refractivity contribution in [2.24, 2.45) is 0 Å². The topological polar surface area (TPSA) is 66.7 Å². The lowest BCUT2D eigenvalue weighted by molar-refractivity contribution is -0.138. The first-order chi connectivity index (χ1) is 17.1. The molecule has 3 fully saturated rings. The van der Waals surface area contributed by atoms with E-state index in [0.717, 1.165) is 67.6 Å². The summed E-state index contributed by atoms with van der Waals surface area (Å²) in [7, 11) is 2.11. The van der Waals surface area contributed by atoms with Gasteiger partial charge >= 0.3 is 6.18 Å². The zero-order valence-electron chi connectivity index (χ0n) is 19.8. The summed E-state index contributed by atoms with van der Waals surface area (Å²) >= 11 is 5.67. The van der Waals surface area contributed by atoms with Crippen molar-refractivity contribution in [3.8, 4) is 6.07 Å². The minimum absolute atomic E-state index is 0.0863. The van der Waals surface area contributed by atoms with Crippen LogP contribution in [0.3, 0.4) is 0 Å². The molecule has 3 aliphatic rings. The number of nitriles is 1. The number of piperazine rings is 1. The van der Waals surface area contributed by atoms with Crippen LogP contribution in [0.5, 0.6) is 0 Å². The fourth-order valence-corrected chi connectivity index (χ4v) is 5.57. The second-order valence-electron chi connectivity index (χ2n) is 9.59. The number of aromatic nitrogens is 1. The number of hydrogen-bond acceptors (Lipinski definition) is 6. The Hall–Kier alpha value is -3.07. The molecule has 0 radical (unpaired) electrons. The van der Waals surface area contributed by atoms with E-state index >= 15 is 0 Å². The van der Waals surface area contributed by atoms with E-state index in [9.17, 15) is 18.0 Å². The predicted octanol–water partition coefficient (Wildman–Crippen LogP) is 3.78. The van der Waals surface area contributed by atoms with Gasteiger partial charge in [-0.1, -0.05) is 12.1 Å². The van der Waals surface area contributed by atoms with Crippen molar-refractivity contribution in [2.45, 2.75) is 37.5 Å². The Bertz CT molecular complexity index is 1230. The first-order valence-corrected chi connectivity index (χ1v) is 12.2. The smallest absolute Gasteiger partial charge is 0.304 e. The molecule has 1 aliphatic carbocycles. The number of alkyl halides is 3. The van der Waals surface area contributed by atoms with Crippen LogP contribution in [0.25, 0.3) is 0 Å². The molecule has 11 heteroatoms. The van der Waals surface area contributed by atoms with Gasteiger partial charge in [-0.15, -0.1) is 0 Å². The minimum atomic E-state index is -4.79. The second kappa shape index (κ2) is 9.10. The Balaban J connectivity index is 1.43. The summed E-state index contributed by atoms with van der Waals surface area (Å²) in [5.41, 5.74) is -1.05. The highest BCUT2D eigenvalue weighted by Gasteiger charge is 2.59. The highest BCUT2D eigenvalue weighted by Crippen LogP contribution is 2.48. The number of nitrogens with zero attached hydrogens (tertiary/aromatic N) is 6. The maximum atomic E-state index is 13.6. The summed E-state index contributed by atoms with van der Waals surface area (Å²) in [6.45, 7) is 4.88. The van der Waals surface area contributed by atoms with Crippen LogP contribution in [0, 0.1) is 11.3 Å². The van der Waals surface area contributed by atoms with Crippen molar-refractivity contribution >= 4 is 34.6 Å². The van der Waals surface area contributed by atoms with Crippen LogP contribution in [0.15, 0.2) is 36.5 Å². The molecule has 0 N–H and O–H groups in total. The molecule has 0 bridgehead atoms. The van der Waals surface area contributed by atoms with Gasteiger partial charge in [0.25, 0.3) is 5.91 Å². The molecule has 1 aromatic heterocycles. The van der Waals surface area contributed by atoms with Crippen LogP contribution in [0.1, 0.15) is 36.1 Å². The van der Waals surface area contributed by atoms with Crippen LogP contribution < -0.4 is 9.80 Å². The largest absolute Gasteiger partial charge is 0.419 e. The van der Waals surface area contributed by atoms with E-state index in [1.165, 1.54) is 6.07 Å². The Kier molecular flexibility index (Phi) is 6.22. The Morgan fingerprint density at radius 1 is 1.11 bits per heavy atom. The number of rotatable bonds is 4. The number of halogens is 3. The molecule has 1 saturated carbocycles. The number of thiocarbonyl (C=S) groups is 1. The van der Waals surface area contributed by atoms with Gasteiger partial charge in [0.05, 0.1) is 17.4 Å². The lowest BCUT2D eigenvalue weighted by Crippen LogP contribution is -2.55. The molecule has 1 aromatic carbocycles. The van der Waals surface area contributed by atoms with Gasteiger partial charge in [0.1, 0.15) is 11.6 Å². The molecule has 188 valence electrons. The van der Waals surface area contributed by atoms with Gasteiger partial charge in [0.15, 0.2) is 10.8 Å². The highest BCUT2D eigenvalue weighted by atomic mass is 32.1. The molecular formula is C25H25F3N6OS. The van der Waals surface area contributed by atoms with Crippen LogP contribution in [0.2, 0.25) is 0 Å². The Morgan fingerprint density at radius 3 is 2.33 bits per heavy atom. The molecular weight excluding hydrogens is 489 g/mol. The van der Waals surface area contributed by atoms with Crippen LogP contribution >= 0.6 is 12.2 Å². The molecule has 5 rings (SSSR count). The van der Waals surface area contributed by atoms with Crippen molar-refractivity contribution in [3.05, 3.63) is 53.3 Å². The third kappa shape index (κ3) is 4.13. The SMILES string of the molecule is CN1CCN(Cc2ccc(N3C(=S)N(c4cnc(C#N)c(C(F)(F)F)c4)C(=O)C34CCC4)cc2)CC1. The van der Waals surface area contributed by atoms with Gasteiger partial charge in [-0.05, 0) is 62.3 Å². The lowest BCUT2D eigenvalue weighted by atomic mass is 9.75. The summed E-state index contributed by atoms with van der Waals surface area (Å²) in [6.07, 6.45) is -1.75. The lowest BCUT2D eigenvalue weighted by Gasteiger charge is -2.43. The van der Waals surface area contributed by atoms with Gasteiger partial charge in [0.2, 0.25) is 0 Å². The normalized spacial score (nSPS) is 20.6. The molecule has 2 aliphatic heterocycles. The van der Waals surface area contributed by atoms with E-state index in [1.807, 2.05) is 24.3 Å². The van der Waals surface area contributed by atoms with Gasteiger partial charge in [-0.2, -0.15) is 18.4 Å². The van der Waals surface area contributed by atoms with E-state index in [0.29, 0.717) is 12.8 Å². The average Bonchev–Trinajstić information content (AvgIpc) is 3.07. The van der Waals surface area contributed by atoms with E-state index in [4.69, 9.17) is 17.5 Å². The van der Waals surface area contributed by atoms with Crippen molar-refractivity contribution in [1.82, 2.24) is 14.8 Å². The summed E-state index contributed by atoms with van der Waals surface area (Å²) in [5, 5.41) is 9.19. The van der Waals surface area contributed by atoms with Crippen LogP contribution in [0.4, 0.5) is 24.5 Å². The summed E-state index contributed by atoms with van der Waals surface area (Å²) < 4.78 is 40.6. The Labute approximate surface area is 212 Å². The highest BCUT2D eigenvalue weighted by molar-refractivity contribution is 7.81. The average molecular weight is 515 g/mol. The predicted molar refractivity (Wildman–Crippen MR) is 132 cm³/mol. The van der Waals surface area contributed by atoms with Gasteiger partial charge < -0.3 is 9.80 Å². The van der Waals surface area contributed by atoms with Crippen LogP contribution in [-0.4, -0.2) is 64.6 Å². The number of hydrogen-bond donors (Lipinski definition) is 0. The van der Waals surface area contributed by atoms with E-state index in [2.05, 4.69) is 21.8 Å². The van der Waals surface area contributed by atoms with Gasteiger partial charge in [0, 0.05) is 38.4 Å². The zero-order chi connectivity index (χ0) is 25.7. The molecule has 3 heterocycles. The number of pyridine rings is 1. The van der Waals surface area contributed by atoms with E-state index in [1.54, 1.807) is 4.90 Å². The molecule has 0 atom stereocenters. The summed E-state index contributed by atoms with van der Waals surface area (Å²) in [4.78, 5) is 24.9.